The van der Waals surface area contributed by atoms with E-state index in [0.29, 0.717) is 53.5 Å². The number of benzene rings is 2. The number of carbonyl (C=O) groups excluding carboxylic acids is 1. The lowest BCUT2D eigenvalue weighted by Gasteiger charge is -2.22. The van der Waals surface area contributed by atoms with Gasteiger partial charge >= 0.3 is 0 Å². The Labute approximate surface area is 171 Å². The van der Waals surface area contributed by atoms with Crippen LogP contribution >= 0.6 is 11.6 Å². The minimum Gasteiger partial charge on any atom is -0.337 e. The zero-order chi connectivity index (χ0) is 20.4. The number of H-pyrrole nitrogens is 1. The molecule has 1 amide bonds. The molecule has 1 aromatic heterocycles. The van der Waals surface area contributed by atoms with Crippen molar-refractivity contribution in [3.8, 4) is 0 Å². The van der Waals surface area contributed by atoms with Crippen LogP contribution in [0.5, 0.6) is 0 Å². The van der Waals surface area contributed by atoms with Crippen LogP contribution in [-0.2, 0) is 6.54 Å². The number of amides is 1. The highest BCUT2D eigenvalue weighted by Crippen LogP contribution is 2.16. The fourth-order valence-electron chi connectivity index (χ4n) is 3.58. The zero-order valence-electron chi connectivity index (χ0n) is 15.7. The molecule has 8 heteroatoms. The summed E-state index contributed by atoms with van der Waals surface area (Å²) in [6, 6.07) is 10.8. The smallest absolute Gasteiger partial charge is 0.258 e. The predicted octanol–water partition coefficient (Wildman–Crippen LogP) is 3.06. The van der Waals surface area contributed by atoms with Crippen LogP contribution in [-0.4, -0.2) is 51.9 Å². The number of hydrogen-bond donors (Lipinski definition) is 1. The van der Waals surface area contributed by atoms with Crippen molar-refractivity contribution in [1.82, 2.24) is 19.8 Å². The van der Waals surface area contributed by atoms with Crippen molar-refractivity contribution in [2.24, 2.45) is 0 Å². The Morgan fingerprint density at radius 2 is 2.00 bits per heavy atom. The van der Waals surface area contributed by atoms with E-state index in [0.717, 1.165) is 13.0 Å². The number of aromatic nitrogens is 2. The van der Waals surface area contributed by atoms with Crippen molar-refractivity contribution in [2.45, 2.75) is 13.0 Å². The number of carbonyl (C=O) groups is 1. The second-order valence-electron chi connectivity index (χ2n) is 7.11. The molecular weight excluding hydrogens is 395 g/mol. The van der Waals surface area contributed by atoms with Crippen molar-refractivity contribution in [3.05, 3.63) is 75.0 Å². The lowest BCUT2D eigenvalue weighted by Crippen LogP contribution is -2.35. The van der Waals surface area contributed by atoms with E-state index >= 15 is 0 Å². The van der Waals surface area contributed by atoms with E-state index in [4.69, 9.17) is 11.6 Å². The van der Waals surface area contributed by atoms with E-state index in [1.807, 2.05) is 0 Å². The Morgan fingerprint density at radius 3 is 2.83 bits per heavy atom. The van der Waals surface area contributed by atoms with Crippen LogP contribution in [0.4, 0.5) is 4.39 Å². The van der Waals surface area contributed by atoms with Crippen LogP contribution in [0.2, 0.25) is 5.02 Å². The van der Waals surface area contributed by atoms with Gasteiger partial charge in [-0.2, -0.15) is 0 Å². The molecule has 0 unspecified atom stereocenters. The van der Waals surface area contributed by atoms with Crippen molar-refractivity contribution in [2.75, 3.05) is 26.2 Å². The third kappa shape index (κ3) is 4.46. The maximum atomic E-state index is 13.4. The first kappa shape index (κ1) is 19.5. The number of fused-ring (bicyclic) bond motifs is 1. The van der Waals surface area contributed by atoms with Gasteiger partial charge < -0.3 is 9.88 Å². The van der Waals surface area contributed by atoms with Gasteiger partial charge in [0.05, 0.1) is 17.4 Å². The van der Waals surface area contributed by atoms with E-state index < -0.39 is 5.82 Å². The summed E-state index contributed by atoms with van der Waals surface area (Å²) in [6.07, 6.45) is 0.786. The molecule has 0 bridgehead atoms. The molecule has 3 aromatic rings. The Bertz CT molecular complexity index is 1120. The Hall–Kier alpha value is -2.77. The first-order chi connectivity index (χ1) is 14.0. The first-order valence-corrected chi connectivity index (χ1v) is 9.83. The molecule has 0 radical (unpaired) electrons. The number of nitrogens with one attached hydrogen (secondary N) is 1. The SMILES string of the molecule is O=C(c1cccc(F)c1)N1CCCN(Cc2nc3ccc(Cl)cc3c(=O)[nH]2)CC1. The summed E-state index contributed by atoms with van der Waals surface area (Å²) in [5.74, 6) is -0.00452. The highest BCUT2D eigenvalue weighted by Gasteiger charge is 2.21. The lowest BCUT2D eigenvalue weighted by atomic mass is 10.2. The van der Waals surface area contributed by atoms with Gasteiger partial charge in [0, 0.05) is 36.8 Å². The van der Waals surface area contributed by atoms with Crippen LogP contribution in [0, 0.1) is 5.82 Å². The molecule has 6 nitrogen and oxygen atoms in total. The number of hydrogen-bond acceptors (Lipinski definition) is 4. The summed E-state index contributed by atoms with van der Waals surface area (Å²) < 4.78 is 13.4. The summed E-state index contributed by atoms with van der Waals surface area (Å²) in [6.45, 7) is 3.03. The molecule has 1 N–H and O–H groups in total. The average Bonchev–Trinajstić information content (AvgIpc) is 2.94. The second kappa shape index (κ2) is 8.31. The third-order valence-corrected chi connectivity index (χ3v) is 5.27. The highest BCUT2D eigenvalue weighted by atomic mass is 35.5. The number of rotatable bonds is 3. The number of aromatic amines is 1. The van der Waals surface area contributed by atoms with E-state index in [-0.39, 0.29) is 11.5 Å². The first-order valence-electron chi connectivity index (χ1n) is 9.45. The van der Waals surface area contributed by atoms with Crippen molar-refractivity contribution in [1.29, 1.82) is 0 Å². The molecule has 0 saturated carbocycles. The fraction of sp³-hybridized carbons (Fsp3) is 0.286. The standard InChI is InChI=1S/C21H20ClFN4O2/c22-15-5-6-18-17(12-15)20(28)25-19(24-18)13-26-7-2-8-27(10-9-26)21(29)14-3-1-4-16(23)11-14/h1,3-6,11-12H,2,7-10,13H2,(H,24,25,28). The Kier molecular flexibility index (Phi) is 5.60. The summed E-state index contributed by atoms with van der Waals surface area (Å²) >= 11 is 5.95. The Balaban J connectivity index is 1.45. The van der Waals surface area contributed by atoms with Crippen LogP contribution < -0.4 is 5.56 Å². The molecule has 2 heterocycles. The van der Waals surface area contributed by atoms with Gasteiger partial charge in [-0.05, 0) is 42.8 Å². The third-order valence-electron chi connectivity index (χ3n) is 5.04. The Morgan fingerprint density at radius 1 is 1.14 bits per heavy atom. The van der Waals surface area contributed by atoms with E-state index in [1.165, 1.54) is 12.1 Å². The maximum Gasteiger partial charge on any atom is 0.258 e. The predicted molar refractivity (Wildman–Crippen MR) is 110 cm³/mol. The molecule has 1 fully saturated rings. The summed E-state index contributed by atoms with van der Waals surface area (Å²) in [5.41, 5.74) is 0.744. The molecule has 29 heavy (non-hydrogen) atoms. The van der Waals surface area contributed by atoms with Gasteiger partial charge in [0.2, 0.25) is 0 Å². The van der Waals surface area contributed by atoms with Gasteiger partial charge in [-0.25, -0.2) is 9.37 Å². The van der Waals surface area contributed by atoms with Gasteiger partial charge in [0.1, 0.15) is 11.6 Å². The minimum absolute atomic E-state index is 0.166. The average molecular weight is 415 g/mol. The lowest BCUT2D eigenvalue weighted by molar-refractivity contribution is 0.0760. The summed E-state index contributed by atoms with van der Waals surface area (Å²) in [5, 5.41) is 0.956. The highest BCUT2D eigenvalue weighted by molar-refractivity contribution is 6.31. The van der Waals surface area contributed by atoms with Crippen LogP contribution in [0.15, 0.2) is 47.3 Å². The normalized spacial score (nSPS) is 15.4. The van der Waals surface area contributed by atoms with Crippen molar-refractivity contribution < 1.29 is 9.18 Å². The molecule has 1 aliphatic rings. The van der Waals surface area contributed by atoms with Gasteiger partial charge in [0.15, 0.2) is 0 Å². The fourth-order valence-corrected chi connectivity index (χ4v) is 3.75. The van der Waals surface area contributed by atoms with Crippen molar-refractivity contribution in [3.63, 3.8) is 0 Å². The topological polar surface area (TPSA) is 69.3 Å². The van der Waals surface area contributed by atoms with Crippen LogP contribution in [0.1, 0.15) is 22.6 Å². The second-order valence-corrected chi connectivity index (χ2v) is 7.54. The molecule has 1 aliphatic heterocycles. The zero-order valence-corrected chi connectivity index (χ0v) is 16.5. The summed E-state index contributed by atoms with van der Waals surface area (Å²) in [7, 11) is 0. The molecule has 0 aliphatic carbocycles. The van der Waals surface area contributed by atoms with E-state index in [1.54, 1.807) is 35.2 Å². The molecule has 0 atom stereocenters. The molecule has 150 valence electrons. The van der Waals surface area contributed by atoms with Crippen LogP contribution in [0.25, 0.3) is 10.9 Å². The van der Waals surface area contributed by atoms with E-state index in [9.17, 15) is 14.0 Å². The molecular formula is C21H20ClFN4O2. The largest absolute Gasteiger partial charge is 0.337 e. The minimum atomic E-state index is -0.417. The summed E-state index contributed by atoms with van der Waals surface area (Å²) in [4.78, 5) is 36.2. The van der Waals surface area contributed by atoms with Crippen molar-refractivity contribution >= 4 is 28.4 Å². The number of nitrogens with zero attached hydrogens (tertiary/aromatic N) is 3. The van der Waals surface area contributed by atoms with E-state index in [2.05, 4.69) is 14.9 Å². The quantitative estimate of drug-likeness (QED) is 0.715. The molecule has 4 rings (SSSR count). The maximum absolute atomic E-state index is 13.4. The molecule has 2 aromatic carbocycles. The number of halogens is 2. The van der Waals surface area contributed by atoms with Gasteiger partial charge in [-0.15, -0.1) is 0 Å². The van der Waals surface area contributed by atoms with Gasteiger partial charge in [-0.1, -0.05) is 17.7 Å². The van der Waals surface area contributed by atoms with Gasteiger partial charge in [0.25, 0.3) is 11.5 Å². The van der Waals surface area contributed by atoms with Crippen LogP contribution in [0.3, 0.4) is 0 Å². The molecule has 1 saturated heterocycles. The molecule has 0 spiro atoms. The van der Waals surface area contributed by atoms with Gasteiger partial charge in [-0.3, -0.25) is 14.5 Å². The monoisotopic (exact) mass is 414 g/mol.